The van der Waals surface area contributed by atoms with Crippen molar-refractivity contribution in [2.45, 2.75) is 26.3 Å². The number of rotatable bonds is 3. The minimum atomic E-state index is -0.235. The first-order valence-corrected chi connectivity index (χ1v) is 6.52. The summed E-state index contributed by atoms with van der Waals surface area (Å²) in [5.41, 5.74) is 0.758. The molecule has 0 unspecified atom stereocenters. The Morgan fingerprint density at radius 2 is 2.25 bits per heavy atom. The van der Waals surface area contributed by atoms with E-state index < -0.39 is 0 Å². The van der Waals surface area contributed by atoms with E-state index in [9.17, 15) is 4.79 Å². The molecule has 0 saturated carbocycles. The number of halogens is 1. The normalized spacial score (nSPS) is 10.6. The molecule has 6 heteroatoms. The largest absolute Gasteiger partial charge is 0.292 e. The summed E-state index contributed by atoms with van der Waals surface area (Å²) in [6, 6.07) is 6.81. The lowest BCUT2D eigenvalue weighted by Gasteiger charge is -2.15. The molecule has 0 aliphatic heterocycles. The molecule has 5 nitrogen and oxygen atoms in total. The molecule has 2 rings (SSSR count). The molecular weight excluding hydrogens is 276 g/mol. The van der Waals surface area contributed by atoms with Crippen LogP contribution in [0.5, 0.6) is 0 Å². The van der Waals surface area contributed by atoms with Crippen molar-refractivity contribution in [1.29, 1.82) is 5.26 Å². The van der Waals surface area contributed by atoms with Crippen LogP contribution in [0.1, 0.15) is 36.8 Å². The van der Waals surface area contributed by atoms with Crippen molar-refractivity contribution in [3.05, 3.63) is 57.0 Å². The van der Waals surface area contributed by atoms with Crippen molar-refractivity contribution in [2.75, 3.05) is 0 Å². The van der Waals surface area contributed by atoms with E-state index in [1.807, 2.05) is 19.9 Å². The highest BCUT2D eigenvalue weighted by Gasteiger charge is 2.13. The molecule has 20 heavy (non-hydrogen) atoms. The predicted molar refractivity (Wildman–Crippen MR) is 75.7 cm³/mol. The van der Waals surface area contributed by atoms with Crippen LogP contribution in [0.25, 0.3) is 0 Å². The lowest BCUT2D eigenvalue weighted by molar-refractivity contribution is 0.623. The van der Waals surface area contributed by atoms with E-state index in [1.54, 1.807) is 18.3 Å². The molecule has 0 saturated heterocycles. The van der Waals surface area contributed by atoms with Gasteiger partial charge in [0.15, 0.2) is 0 Å². The zero-order valence-electron chi connectivity index (χ0n) is 11.2. The van der Waals surface area contributed by atoms with Crippen molar-refractivity contribution in [2.24, 2.45) is 0 Å². The topological polar surface area (TPSA) is 71.6 Å². The van der Waals surface area contributed by atoms with Gasteiger partial charge < -0.3 is 0 Å². The smallest absolute Gasteiger partial charge is 0.255 e. The van der Waals surface area contributed by atoms with Crippen molar-refractivity contribution in [1.82, 2.24) is 14.5 Å². The third-order valence-corrected chi connectivity index (χ3v) is 3.04. The number of nitriles is 1. The van der Waals surface area contributed by atoms with Gasteiger partial charge in [-0.3, -0.25) is 9.36 Å². The third-order valence-electron chi connectivity index (χ3n) is 2.85. The molecule has 0 aliphatic carbocycles. The van der Waals surface area contributed by atoms with Crippen LogP contribution in [0.3, 0.4) is 0 Å². The zero-order valence-corrected chi connectivity index (χ0v) is 11.9. The Kier molecular flexibility index (Phi) is 4.16. The van der Waals surface area contributed by atoms with Gasteiger partial charge in [-0.25, -0.2) is 9.97 Å². The molecule has 0 atom stereocenters. The summed E-state index contributed by atoms with van der Waals surface area (Å²) in [4.78, 5) is 20.3. The summed E-state index contributed by atoms with van der Waals surface area (Å²) in [7, 11) is 0. The molecule has 0 aliphatic rings. The third kappa shape index (κ3) is 2.86. The highest BCUT2D eigenvalue weighted by molar-refractivity contribution is 6.29. The molecule has 0 N–H and O–H groups in total. The van der Waals surface area contributed by atoms with E-state index in [-0.39, 0.29) is 23.2 Å². The fourth-order valence-electron chi connectivity index (χ4n) is 1.93. The van der Waals surface area contributed by atoms with Gasteiger partial charge in [-0.1, -0.05) is 31.5 Å². The van der Waals surface area contributed by atoms with Gasteiger partial charge in [0.2, 0.25) is 0 Å². The number of nitrogens with zero attached hydrogens (tertiary/aromatic N) is 4. The fraction of sp³-hybridized carbons (Fsp3) is 0.286. The molecule has 2 aromatic rings. The van der Waals surface area contributed by atoms with Crippen LogP contribution in [-0.2, 0) is 6.54 Å². The fourth-order valence-corrected chi connectivity index (χ4v) is 2.11. The second kappa shape index (κ2) is 5.85. The average molecular weight is 289 g/mol. The van der Waals surface area contributed by atoms with Crippen LogP contribution in [0.2, 0.25) is 5.15 Å². The van der Waals surface area contributed by atoms with E-state index in [1.165, 1.54) is 10.6 Å². The standard InChI is InChI=1S/C14H13ClN4O/c1-9(2)14-18-12(15)6-13(20)19(14)8-10-4-3-5-17-11(10)7-16/h3-6,9H,8H2,1-2H3. The van der Waals surface area contributed by atoms with Gasteiger partial charge in [0.1, 0.15) is 22.7 Å². The summed E-state index contributed by atoms with van der Waals surface area (Å²) in [6.45, 7) is 4.12. The van der Waals surface area contributed by atoms with E-state index in [0.29, 0.717) is 17.1 Å². The lowest BCUT2D eigenvalue weighted by Crippen LogP contribution is -2.26. The summed E-state index contributed by atoms with van der Waals surface area (Å²) < 4.78 is 1.52. The summed E-state index contributed by atoms with van der Waals surface area (Å²) >= 11 is 5.84. The Bertz CT molecular complexity index is 731. The van der Waals surface area contributed by atoms with Gasteiger partial charge in [0.05, 0.1) is 6.54 Å². The number of hydrogen-bond acceptors (Lipinski definition) is 4. The summed E-state index contributed by atoms with van der Waals surface area (Å²) in [5, 5.41) is 9.23. The first-order chi connectivity index (χ1) is 9.52. The van der Waals surface area contributed by atoms with Crippen molar-refractivity contribution >= 4 is 11.6 Å². The highest BCUT2D eigenvalue weighted by Crippen LogP contribution is 2.15. The number of hydrogen-bond donors (Lipinski definition) is 0. The monoisotopic (exact) mass is 288 g/mol. The lowest BCUT2D eigenvalue weighted by atomic mass is 10.1. The molecule has 0 amide bonds. The summed E-state index contributed by atoms with van der Waals surface area (Å²) in [6.07, 6.45) is 1.55. The highest BCUT2D eigenvalue weighted by atomic mass is 35.5. The first-order valence-electron chi connectivity index (χ1n) is 6.14. The van der Waals surface area contributed by atoms with Crippen LogP contribution in [0.15, 0.2) is 29.2 Å². The van der Waals surface area contributed by atoms with E-state index in [4.69, 9.17) is 16.9 Å². The Morgan fingerprint density at radius 1 is 1.50 bits per heavy atom. The van der Waals surface area contributed by atoms with E-state index >= 15 is 0 Å². The molecule has 2 aromatic heterocycles. The molecule has 0 radical (unpaired) electrons. The van der Waals surface area contributed by atoms with Crippen LogP contribution >= 0.6 is 11.6 Å². The van der Waals surface area contributed by atoms with E-state index in [0.717, 1.165) is 0 Å². The number of aromatic nitrogens is 3. The van der Waals surface area contributed by atoms with Gasteiger partial charge in [0, 0.05) is 23.7 Å². The second-order valence-electron chi connectivity index (χ2n) is 4.64. The Morgan fingerprint density at radius 3 is 2.90 bits per heavy atom. The van der Waals surface area contributed by atoms with Gasteiger partial charge >= 0.3 is 0 Å². The maximum absolute atomic E-state index is 12.1. The molecule has 0 aromatic carbocycles. The number of pyridine rings is 1. The van der Waals surface area contributed by atoms with Gasteiger partial charge in [-0.15, -0.1) is 0 Å². The maximum Gasteiger partial charge on any atom is 0.255 e. The summed E-state index contributed by atoms with van der Waals surface area (Å²) in [5.74, 6) is 0.638. The van der Waals surface area contributed by atoms with Crippen LogP contribution in [0.4, 0.5) is 0 Å². The predicted octanol–water partition coefficient (Wildman–Crippen LogP) is 2.34. The van der Waals surface area contributed by atoms with Crippen LogP contribution in [-0.4, -0.2) is 14.5 Å². The molecule has 0 bridgehead atoms. The molecular formula is C14H13ClN4O. The van der Waals surface area contributed by atoms with E-state index in [2.05, 4.69) is 9.97 Å². The van der Waals surface area contributed by atoms with Gasteiger partial charge in [-0.05, 0) is 6.07 Å². The van der Waals surface area contributed by atoms with Gasteiger partial charge in [0.25, 0.3) is 5.56 Å². The Hall–Kier alpha value is -2.19. The average Bonchev–Trinajstić information content (AvgIpc) is 2.41. The van der Waals surface area contributed by atoms with Crippen molar-refractivity contribution in [3.63, 3.8) is 0 Å². The SMILES string of the molecule is CC(C)c1nc(Cl)cc(=O)n1Cc1cccnc1C#N. The van der Waals surface area contributed by atoms with Crippen LogP contribution in [0, 0.1) is 11.3 Å². The quantitative estimate of drug-likeness (QED) is 0.813. The van der Waals surface area contributed by atoms with Gasteiger partial charge in [-0.2, -0.15) is 5.26 Å². The van der Waals surface area contributed by atoms with Crippen molar-refractivity contribution in [3.8, 4) is 6.07 Å². The molecule has 2 heterocycles. The minimum Gasteiger partial charge on any atom is -0.292 e. The minimum absolute atomic E-state index is 0.0450. The second-order valence-corrected chi connectivity index (χ2v) is 5.03. The zero-order chi connectivity index (χ0) is 14.7. The Balaban J connectivity index is 2.54. The molecule has 102 valence electrons. The maximum atomic E-state index is 12.1. The Labute approximate surface area is 121 Å². The first kappa shape index (κ1) is 14.2. The van der Waals surface area contributed by atoms with Crippen LogP contribution < -0.4 is 5.56 Å². The molecule has 0 spiro atoms. The van der Waals surface area contributed by atoms with Crippen molar-refractivity contribution < 1.29 is 0 Å². The molecule has 0 fully saturated rings.